The summed E-state index contributed by atoms with van der Waals surface area (Å²) in [4.78, 5) is 38.2. The van der Waals surface area contributed by atoms with Gasteiger partial charge in [-0.25, -0.2) is 10.3 Å². The summed E-state index contributed by atoms with van der Waals surface area (Å²) < 4.78 is 10.6. The molecule has 1 aromatic rings. The van der Waals surface area contributed by atoms with Gasteiger partial charge in [0.25, 0.3) is 5.91 Å². The van der Waals surface area contributed by atoms with Gasteiger partial charge in [-0.15, -0.1) is 5.48 Å². The van der Waals surface area contributed by atoms with Crippen LogP contribution in [0.3, 0.4) is 0 Å². The third kappa shape index (κ3) is 9.45. The van der Waals surface area contributed by atoms with Crippen LogP contribution in [0.2, 0.25) is 0 Å². The number of rotatable bonds is 11. The van der Waals surface area contributed by atoms with E-state index in [0.717, 1.165) is 5.56 Å². The van der Waals surface area contributed by atoms with Crippen molar-refractivity contribution in [1.29, 1.82) is 0 Å². The van der Waals surface area contributed by atoms with Gasteiger partial charge >= 0.3 is 5.97 Å². The number of hydrogen-bond acceptors (Lipinski definition) is 8. The normalized spacial score (nSPS) is 16.0. The lowest BCUT2D eigenvalue weighted by Gasteiger charge is -2.20. The fourth-order valence-electron chi connectivity index (χ4n) is 2.54. The third-order valence-electron chi connectivity index (χ3n) is 4.25. The van der Waals surface area contributed by atoms with Crippen LogP contribution in [0.4, 0.5) is 0 Å². The van der Waals surface area contributed by atoms with Gasteiger partial charge in [0, 0.05) is 25.5 Å². The van der Waals surface area contributed by atoms with Gasteiger partial charge in [0.05, 0.1) is 24.8 Å². The number of amides is 1. The lowest BCUT2D eigenvalue weighted by molar-refractivity contribution is -0.180. The smallest absolute Gasteiger partial charge is 0.327 e. The first-order valence-corrected chi connectivity index (χ1v) is 10.2. The second-order valence-corrected chi connectivity index (χ2v) is 7.43. The molecule has 0 aliphatic carbocycles. The van der Waals surface area contributed by atoms with Crippen LogP contribution in [0.15, 0.2) is 24.4 Å². The highest BCUT2D eigenvalue weighted by Crippen LogP contribution is 2.15. The molecule has 9 heteroatoms. The summed E-state index contributed by atoms with van der Waals surface area (Å²) in [5.74, 6) is -0.405. The molecule has 0 saturated carbocycles. The maximum Gasteiger partial charge on any atom is 0.327 e. The molecule has 1 atom stereocenters. The molecule has 166 valence electrons. The Bertz CT molecular complexity index is 686. The van der Waals surface area contributed by atoms with Crippen molar-refractivity contribution in [2.24, 2.45) is 11.8 Å². The average molecular weight is 421 g/mol. The predicted octanol–water partition coefficient (Wildman–Crippen LogP) is 2.14. The van der Waals surface area contributed by atoms with E-state index in [2.05, 4.69) is 15.9 Å². The first-order chi connectivity index (χ1) is 14.4. The minimum atomic E-state index is -0.532. The molecule has 1 fully saturated rings. The van der Waals surface area contributed by atoms with Gasteiger partial charge in [0.2, 0.25) is 0 Å². The molecular formula is C21H31N3O6. The Hall–Kier alpha value is -2.33. The average Bonchev–Trinajstić information content (AvgIpc) is 2.76. The van der Waals surface area contributed by atoms with Crippen LogP contribution in [0.5, 0.6) is 0 Å². The first-order valence-electron chi connectivity index (χ1n) is 10.2. The SMILES string of the molecule is CC(C)COC(C)ONC(=O)C=Cc1ccc(CNOC(=O)C2CCOCC2)cn1. The first kappa shape index (κ1) is 23.9. The van der Waals surface area contributed by atoms with E-state index in [1.54, 1.807) is 25.3 Å². The molecule has 0 aromatic carbocycles. The maximum absolute atomic E-state index is 11.9. The molecule has 9 nitrogen and oxygen atoms in total. The molecule has 30 heavy (non-hydrogen) atoms. The van der Waals surface area contributed by atoms with Crippen LogP contribution in [0, 0.1) is 11.8 Å². The van der Waals surface area contributed by atoms with Crippen molar-refractivity contribution in [2.75, 3.05) is 19.8 Å². The summed E-state index contributed by atoms with van der Waals surface area (Å²) in [5, 5.41) is 0. The van der Waals surface area contributed by atoms with Crippen molar-refractivity contribution in [1.82, 2.24) is 15.9 Å². The van der Waals surface area contributed by atoms with E-state index in [4.69, 9.17) is 19.1 Å². The van der Waals surface area contributed by atoms with Crippen molar-refractivity contribution in [2.45, 2.75) is 46.4 Å². The Labute approximate surface area is 177 Å². The van der Waals surface area contributed by atoms with Gasteiger partial charge in [-0.05, 0) is 43.4 Å². The Morgan fingerprint density at radius 2 is 2.03 bits per heavy atom. The van der Waals surface area contributed by atoms with Crippen LogP contribution >= 0.6 is 0 Å². The van der Waals surface area contributed by atoms with Crippen molar-refractivity contribution in [3.63, 3.8) is 0 Å². The molecular weight excluding hydrogens is 390 g/mol. The predicted molar refractivity (Wildman–Crippen MR) is 109 cm³/mol. The van der Waals surface area contributed by atoms with Crippen LogP contribution in [-0.4, -0.2) is 43.0 Å². The molecule has 0 bridgehead atoms. The van der Waals surface area contributed by atoms with Crippen LogP contribution in [0.1, 0.15) is 44.9 Å². The van der Waals surface area contributed by atoms with Crippen molar-refractivity contribution in [3.05, 3.63) is 35.7 Å². The summed E-state index contributed by atoms with van der Waals surface area (Å²) >= 11 is 0. The van der Waals surface area contributed by atoms with Gasteiger partial charge in [-0.1, -0.05) is 19.9 Å². The van der Waals surface area contributed by atoms with E-state index in [1.165, 1.54) is 6.08 Å². The van der Waals surface area contributed by atoms with Gasteiger partial charge in [0.1, 0.15) is 0 Å². The number of hydrogen-bond donors (Lipinski definition) is 2. The van der Waals surface area contributed by atoms with E-state index in [-0.39, 0.29) is 11.9 Å². The molecule has 1 aromatic heterocycles. The van der Waals surface area contributed by atoms with Crippen LogP contribution in [-0.2, 0) is 35.3 Å². The quantitative estimate of drug-likeness (QED) is 0.318. The van der Waals surface area contributed by atoms with E-state index in [1.807, 2.05) is 19.9 Å². The Balaban J connectivity index is 1.66. The monoisotopic (exact) mass is 421 g/mol. The number of ether oxygens (including phenoxy) is 2. The van der Waals surface area contributed by atoms with Crippen molar-refractivity contribution >= 4 is 18.0 Å². The molecule has 0 spiro atoms. The Morgan fingerprint density at radius 1 is 1.27 bits per heavy atom. The number of hydroxylamine groups is 2. The molecule has 2 heterocycles. The summed E-state index contributed by atoms with van der Waals surface area (Å²) in [6.45, 7) is 7.84. The van der Waals surface area contributed by atoms with Crippen molar-refractivity contribution in [3.8, 4) is 0 Å². The van der Waals surface area contributed by atoms with Gasteiger partial charge in [-0.2, -0.15) is 0 Å². The maximum atomic E-state index is 11.9. The molecule has 0 radical (unpaired) electrons. The highest BCUT2D eigenvalue weighted by molar-refractivity contribution is 5.90. The van der Waals surface area contributed by atoms with Crippen LogP contribution < -0.4 is 11.0 Å². The topological polar surface area (TPSA) is 108 Å². The van der Waals surface area contributed by atoms with Gasteiger partial charge in [-0.3, -0.25) is 14.6 Å². The minimum absolute atomic E-state index is 0.114. The highest BCUT2D eigenvalue weighted by atomic mass is 16.8. The largest absolute Gasteiger partial charge is 0.381 e. The fraction of sp³-hybridized carbons (Fsp3) is 0.571. The number of pyridine rings is 1. The molecule has 1 saturated heterocycles. The molecule has 1 unspecified atom stereocenters. The molecule has 1 aliphatic rings. The van der Waals surface area contributed by atoms with E-state index in [9.17, 15) is 9.59 Å². The minimum Gasteiger partial charge on any atom is -0.381 e. The number of carbonyl (C=O) groups excluding carboxylic acids is 2. The number of nitrogens with one attached hydrogen (secondary N) is 2. The summed E-state index contributed by atoms with van der Waals surface area (Å²) in [7, 11) is 0. The lowest BCUT2D eigenvalue weighted by atomic mass is 10.0. The standard InChI is InChI=1S/C21H31N3O6/c1-15(2)14-28-16(3)29-24-20(25)7-6-19-5-4-17(12-22-19)13-23-30-21(26)18-8-10-27-11-9-18/h4-7,12,15-16,18,23H,8-11,13-14H2,1-3H3,(H,24,25). The van der Waals surface area contributed by atoms with Crippen molar-refractivity contribution < 1.29 is 28.7 Å². The zero-order chi connectivity index (χ0) is 21.8. The fourth-order valence-corrected chi connectivity index (χ4v) is 2.54. The Morgan fingerprint density at radius 3 is 2.70 bits per heavy atom. The van der Waals surface area contributed by atoms with Crippen LogP contribution in [0.25, 0.3) is 6.08 Å². The summed E-state index contributed by atoms with van der Waals surface area (Å²) in [6, 6.07) is 3.59. The van der Waals surface area contributed by atoms with E-state index >= 15 is 0 Å². The third-order valence-corrected chi connectivity index (χ3v) is 4.25. The Kier molecular flexibility index (Phi) is 10.4. The lowest BCUT2D eigenvalue weighted by Crippen LogP contribution is -2.29. The molecule has 1 aliphatic heterocycles. The molecule has 1 amide bonds. The highest BCUT2D eigenvalue weighted by Gasteiger charge is 2.23. The summed E-state index contributed by atoms with van der Waals surface area (Å²) in [6.07, 6.45) is 5.38. The molecule has 2 rings (SSSR count). The van der Waals surface area contributed by atoms with Gasteiger partial charge in [0.15, 0.2) is 6.29 Å². The van der Waals surface area contributed by atoms with Gasteiger partial charge < -0.3 is 14.3 Å². The zero-order valence-electron chi connectivity index (χ0n) is 17.8. The number of aromatic nitrogens is 1. The second kappa shape index (κ2) is 13.1. The van der Waals surface area contributed by atoms with E-state index < -0.39 is 12.2 Å². The van der Waals surface area contributed by atoms with E-state index in [0.29, 0.717) is 50.8 Å². The zero-order valence-corrected chi connectivity index (χ0v) is 17.8. The summed E-state index contributed by atoms with van der Waals surface area (Å²) in [5.41, 5.74) is 6.43. The molecule has 2 N–H and O–H groups in total. The second-order valence-electron chi connectivity index (χ2n) is 7.43. The number of carbonyl (C=O) groups is 2. The number of nitrogens with zero attached hydrogens (tertiary/aromatic N) is 1.